The second-order valence-corrected chi connectivity index (χ2v) is 6.62. The van der Waals surface area contributed by atoms with Gasteiger partial charge in [0.1, 0.15) is 11.9 Å². The van der Waals surface area contributed by atoms with Crippen LogP contribution in [0.5, 0.6) is 0 Å². The number of carbonyl (C=O) groups is 2. The molecule has 0 fully saturated rings. The number of hydrogen-bond donors (Lipinski definition) is 4. The molecule has 2 unspecified atom stereocenters. The fraction of sp³-hybridized carbons (Fsp3) is 0.350. The van der Waals surface area contributed by atoms with Crippen LogP contribution in [0.25, 0.3) is 0 Å². The molecular formula is C20H29Cl2N5O2. The fourth-order valence-electron chi connectivity index (χ4n) is 2.57. The molecule has 0 saturated carbocycles. The molecule has 0 aliphatic carbocycles. The zero-order valence-corrected chi connectivity index (χ0v) is 18.2. The van der Waals surface area contributed by atoms with Gasteiger partial charge in [-0.25, -0.2) is 4.98 Å². The summed E-state index contributed by atoms with van der Waals surface area (Å²) in [5.74, 6) is -0.151. The minimum atomic E-state index is -0.678. The Morgan fingerprint density at radius 2 is 1.76 bits per heavy atom. The summed E-state index contributed by atoms with van der Waals surface area (Å²) in [5.41, 5.74) is 14.4. The van der Waals surface area contributed by atoms with Crippen molar-refractivity contribution in [1.29, 1.82) is 0 Å². The van der Waals surface area contributed by atoms with E-state index >= 15 is 0 Å². The number of hydrogen-bond acceptors (Lipinski definition) is 5. The number of nitrogen functional groups attached to an aromatic ring is 1. The third kappa shape index (κ3) is 8.68. The van der Waals surface area contributed by atoms with Gasteiger partial charge in [-0.3, -0.25) is 9.59 Å². The molecule has 0 aliphatic rings. The molecule has 0 spiro atoms. The van der Waals surface area contributed by atoms with Crippen LogP contribution in [0.4, 0.5) is 5.82 Å². The normalized spacial score (nSPS) is 12.0. The molecule has 2 atom stereocenters. The Labute approximate surface area is 183 Å². The lowest BCUT2D eigenvalue weighted by Gasteiger charge is -2.17. The van der Waals surface area contributed by atoms with Crippen molar-refractivity contribution in [3.05, 3.63) is 59.3 Å². The monoisotopic (exact) mass is 441 g/mol. The number of halogens is 2. The van der Waals surface area contributed by atoms with Gasteiger partial charge in [-0.15, -0.1) is 24.8 Å². The van der Waals surface area contributed by atoms with E-state index in [0.717, 1.165) is 16.7 Å². The third-order valence-electron chi connectivity index (χ3n) is 4.32. The first kappa shape index (κ1) is 26.6. The molecule has 2 rings (SSSR count). The predicted octanol–water partition coefficient (Wildman–Crippen LogP) is 1.90. The number of nitrogens with two attached hydrogens (primary N) is 2. The molecule has 1 heterocycles. The molecule has 160 valence electrons. The molecule has 2 amide bonds. The van der Waals surface area contributed by atoms with Gasteiger partial charge in [-0.2, -0.15) is 0 Å². The van der Waals surface area contributed by atoms with Crippen molar-refractivity contribution < 1.29 is 9.59 Å². The zero-order chi connectivity index (χ0) is 19.8. The van der Waals surface area contributed by atoms with Gasteiger partial charge in [0, 0.05) is 12.7 Å². The van der Waals surface area contributed by atoms with Crippen LogP contribution in [0, 0.1) is 6.92 Å². The first-order chi connectivity index (χ1) is 12.9. The number of aryl methyl sites for hydroxylation is 2. The molecule has 0 saturated heterocycles. The SMILES string of the molecule is Cc1cc(CNC(=O)C(C)NC(=O)C(N)CCc2ccccc2)cnc1N.Cl.Cl. The third-order valence-corrected chi connectivity index (χ3v) is 4.32. The zero-order valence-electron chi connectivity index (χ0n) is 16.6. The lowest BCUT2D eigenvalue weighted by atomic mass is 10.1. The van der Waals surface area contributed by atoms with E-state index in [0.29, 0.717) is 25.2 Å². The molecule has 9 heteroatoms. The van der Waals surface area contributed by atoms with E-state index in [4.69, 9.17) is 11.5 Å². The van der Waals surface area contributed by atoms with Gasteiger partial charge in [0.25, 0.3) is 0 Å². The Hall–Kier alpha value is -2.35. The Bertz CT molecular complexity index is 790. The van der Waals surface area contributed by atoms with Gasteiger partial charge < -0.3 is 22.1 Å². The van der Waals surface area contributed by atoms with E-state index in [1.807, 2.05) is 43.3 Å². The largest absolute Gasteiger partial charge is 0.383 e. The maximum atomic E-state index is 12.2. The second-order valence-electron chi connectivity index (χ2n) is 6.62. The standard InChI is InChI=1S/C20H27N5O2.2ClH/c1-13-10-16(11-23-18(13)22)12-24-19(26)14(2)25-20(27)17(21)9-8-15-6-4-3-5-7-15;;/h3-7,10-11,14,17H,8-9,12,21H2,1-2H3,(H2,22,23)(H,24,26)(H,25,27);2*1H. The Balaban J connectivity index is 0.00000392. The quantitative estimate of drug-likeness (QED) is 0.497. The first-order valence-corrected chi connectivity index (χ1v) is 8.95. The molecule has 6 N–H and O–H groups in total. The van der Waals surface area contributed by atoms with Crippen LogP contribution in [-0.4, -0.2) is 28.9 Å². The second kappa shape index (κ2) is 13.0. The highest BCUT2D eigenvalue weighted by Crippen LogP contribution is 2.08. The molecule has 0 bridgehead atoms. The smallest absolute Gasteiger partial charge is 0.242 e. The summed E-state index contributed by atoms with van der Waals surface area (Å²) in [4.78, 5) is 28.4. The minimum Gasteiger partial charge on any atom is -0.383 e. The van der Waals surface area contributed by atoms with Crippen LogP contribution in [0.15, 0.2) is 42.6 Å². The predicted molar refractivity (Wildman–Crippen MR) is 120 cm³/mol. The molecule has 1 aromatic heterocycles. The number of anilines is 1. The number of pyridine rings is 1. The van der Waals surface area contributed by atoms with Gasteiger partial charge in [0.05, 0.1) is 6.04 Å². The number of rotatable bonds is 8. The van der Waals surface area contributed by atoms with Crippen LogP contribution >= 0.6 is 24.8 Å². The molecular weight excluding hydrogens is 413 g/mol. The lowest BCUT2D eigenvalue weighted by molar-refractivity contribution is -0.129. The van der Waals surface area contributed by atoms with Gasteiger partial charge in [-0.05, 0) is 49.4 Å². The van der Waals surface area contributed by atoms with Crippen molar-refractivity contribution >= 4 is 42.4 Å². The number of benzene rings is 1. The van der Waals surface area contributed by atoms with Crippen LogP contribution < -0.4 is 22.1 Å². The number of carbonyl (C=O) groups excluding carboxylic acids is 2. The number of amides is 2. The van der Waals surface area contributed by atoms with Gasteiger partial charge in [0.15, 0.2) is 0 Å². The molecule has 7 nitrogen and oxygen atoms in total. The van der Waals surface area contributed by atoms with Crippen molar-refractivity contribution in [3.63, 3.8) is 0 Å². The summed E-state index contributed by atoms with van der Waals surface area (Å²) in [6.45, 7) is 3.80. The van der Waals surface area contributed by atoms with E-state index in [1.165, 1.54) is 0 Å². The van der Waals surface area contributed by atoms with E-state index < -0.39 is 12.1 Å². The van der Waals surface area contributed by atoms with E-state index in [9.17, 15) is 9.59 Å². The topological polar surface area (TPSA) is 123 Å². The summed E-state index contributed by atoms with van der Waals surface area (Å²) >= 11 is 0. The minimum absolute atomic E-state index is 0. The fourth-order valence-corrected chi connectivity index (χ4v) is 2.57. The Morgan fingerprint density at radius 3 is 2.38 bits per heavy atom. The summed E-state index contributed by atoms with van der Waals surface area (Å²) < 4.78 is 0. The average molecular weight is 442 g/mol. The summed E-state index contributed by atoms with van der Waals surface area (Å²) in [6, 6.07) is 10.4. The van der Waals surface area contributed by atoms with Gasteiger partial charge in [0.2, 0.25) is 11.8 Å². The van der Waals surface area contributed by atoms with Crippen molar-refractivity contribution in [2.24, 2.45) is 5.73 Å². The van der Waals surface area contributed by atoms with Crippen LogP contribution in [0.3, 0.4) is 0 Å². The van der Waals surface area contributed by atoms with Crippen LogP contribution in [-0.2, 0) is 22.6 Å². The van der Waals surface area contributed by atoms with Gasteiger partial charge in [-0.1, -0.05) is 30.3 Å². The summed E-state index contributed by atoms with van der Waals surface area (Å²) in [6.07, 6.45) is 2.84. The molecule has 0 radical (unpaired) electrons. The van der Waals surface area contributed by atoms with E-state index in [1.54, 1.807) is 13.1 Å². The number of nitrogens with one attached hydrogen (secondary N) is 2. The Kier molecular flexibility index (Phi) is 11.9. The highest BCUT2D eigenvalue weighted by atomic mass is 35.5. The molecule has 2 aromatic rings. The first-order valence-electron chi connectivity index (χ1n) is 8.95. The summed E-state index contributed by atoms with van der Waals surface area (Å²) in [7, 11) is 0. The molecule has 1 aromatic carbocycles. The molecule has 0 aliphatic heterocycles. The average Bonchev–Trinajstić information content (AvgIpc) is 2.67. The van der Waals surface area contributed by atoms with Crippen molar-refractivity contribution in [2.45, 2.75) is 45.3 Å². The summed E-state index contributed by atoms with van der Waals surface area (Å²) in [5, 5.41) is 5.43. The highest BCUT2D eigenvalue weighted by molar-refractivity contribution is 5.89. The lowest BCUT2D eigenvalue weighted by Crippen LogP contribution is -2.50. The Morgan fingerprint density at radius 1 is 1.10 bits per heavy atom. The maximum absolute atomic E-state index is 12.2. The van der Waals surface area contributed by atoms with Crippen LogP contribution in [0.2, 0.25) is 0 Å². The van der Waals surface area contributed by atoms with Crippen molar-refractivity contribution in [2.75, 3.05) is 5.73 Å². The van der Waals surface area contributed by atoms with Crippen molar-refractivity contribution in [1.82, 2.24) is 15.6 Å². The highest BCUT2D eigenvalue weighted by Gasteiger charge is 2.19. The maximum Gasteiger partial charge on any atom is 0.242 e. The van der Waals surface area contributed by atoms with E-state index in [-0.39, 0.29) is 36.6 Å². The van der Waals surface area contributed by atoms with Crippen LogP contribution in [0.1, 0.15) is 30.0 Å². The molecule has 29 heavy (non-hydrogen) atoms. The van der Waals surface area contributed by atoms with Crippen molar-refractivity contribution in [3.8, 4) is 0 Å². The number of aromatic nitrogens is 1. The van der Waals surface area contributed by atoms with E-state index in [2.05, 4.69) is 15.6 Å². The number of nitrogens with zero attached hydrogens (tertiary/aromatic N) is 1. The van der Waals surface area contributed by atoms with Gasteiger partial charge >= 0.3 is 0 Å².